The lowest BCUT2D eigenvalue weighted by Crippen LogP contribution is -2.00. The fraction of sp³-hybridized carbons (Fsp3) is 0.0500. The Morgan fingerprint density at radius 3 is 2.35 bits per heavy atom. The predicted octanol–water partition coefficient (Wildman–Crippen LogP) is 4.63. The summed E-state index contributed by atoms with van der Waals surface area (Å²) in [4.78, 5) is 11.0. The summed E-state index contributed by atoms with van der Waals surface area (Å²) in [5.74, 6) is -0.176. The molecule has 0 bridgehead atoms. The van der Waals surface area contributed by atoms with Crippen LogP contribution in [0.1, 0.15) is 15.9 Å². The second-order valence-electron chi connectivity index (χ2n) is 5.19. The van der Waals surface area contributed by atoms with Crippen LogP contribution in [-0.2, 0) is 6.61 Å². The van der Waals surface area contributed by atoms with E-state index in [9.17, 15) is 4.79 Å². The van der Waals surface area contributed by atoms with E-state index in [1.54, 1.807) is 18.2 Å². The molecule has 0 fully saturated rings. The summed E-state index contributed by atoms with van der Waals surface area (Å²) in [6, 6.07) is 24.7. The Hall–Kier alpha value is -3.07. The fourth-order valence-electron chi connectivity index (χ4n) is 2.36. The van der Waals surface area contributed by atoms with Gasteiger partial charge in [0.25, 0.3) is 0 Å². The Morgan fingerprint density at radius 1 is 0.826 bits per heavy atom. The van der Waals surface area contributed by atoms with Crippen LogP contribution in [0.3, 0.4) is 0 Å². The highest BCUT2D eigenvalue weighted by Crippen LogP contribution is 2.24. The van der Waals surface area contributed by atoms with Gasteiger partial charge < -0.3 is 9.84 Å². The Balaban J connectivity index is 1.74. The normalized spacial score (nSPS) is 10.3. The average Bonchev–Trinajstić information content (AvgIpc) is 2.61. The number of carbonyl (C=O) groups is 1. The number of hydrogen-bond acceptors (Lipinski definition) is 2. The number of ether oxygens (including phenoxy) is 1. The molecule has 3 aromatic rings. The van der Waals surface area contributed by atoms with E-state index < -0.39 is 5.97 Å². The van der Waals surface area contributed by atoms with Crippen LogP contribution in [0, 0.1) is 0 Å². The lowest BCUT2D eigenvalue weighted by atomic mass is 10.1. The molecule has 23 heavy (non-hydrogen) atoms. The van der Waals surface area contributed by atoms with Crippen LogP contribution >= 0.6 is 0 Å². The Bertz CT molecular complexity index is 810. The molecule has 0 aromatic heterocycles. The molecule has 0 saturated heterocycles. The first kappa shape index (κ1) is 14.9. The van der Waals surface area contributed by atoms with Crippen LogP contribution in [-0.4, -0.2) is 11.1 Å². The van der Waals surface area contributed by atoms with Crippen molar-refractivity contribution in [3.8, 4) is 16.9 Å². The Labute approximate surface area is 134 Å². The van der Waals surface area contributed by atoms with E-state index in [1.165, 1.54) is 0 Å². The largest absolute Gasteiger partial charge is 0.489 e. The molecule has 0 aliphatic carbocycles. The zero-order chi connectivity index (χ0) is 16.1. The van der Waals surface area contributed by atoms with Gasteiger partial charge in [0.1, 0.15) is 12.4 Å². The SMILES string of the molecule is O=C(O)c1cccc(COc2cccc(-c3ccccc3)c2)c1. The summed E-state index contributed by atoms with van der Waals surface area (Å²) < 4.78 is 5.80. The van der Waals surface area contributed by atoms with Crippen molar-refractivity contribution < 1.29 is 14.6 Å². The number of carboxylic acids is 1. The lowest BCUT2D eigenvalue weighted by molar-refractivity contribution is 0.0696. The van der Waals surface area contributed by atoms with Gasteiger partial charge in [-0.25, -0.2) is 4.79 Å². The third kappa shape index (κ3) is 3.77. The van der Waals surface area contributed by atoms with Crippen molar-refractivity contribution in [3.05, 3.63) is 90.0 Å². The van der Waals surface area contributed by atoms with Gasteiger partial charge in [0.05, 0.1) is 5.56 Å². The summed E-state index contributed by atoms with van der Waals surface area (Å²) in [7, 11) is 0. The highest BCUT2D eigenvalue weighted by atomic mass is 16.5. The van der Waals surface area contributed by atoms with Gasteiger partial charge in [0, 0.05) is 0 Å². The number of carboxylic acid groups (broad SMARTS) is 1. The van der Waals surface area contributed by atoms with Gasteiger partial charge >= 0.3 is 5.97 Å². The maximum atomic E-state index is 11.0. The van der Waals surface area contributed by atoms with Crippen molar-refractivity contribution in [2.24, 2.45) is 0 Å². The summed E-state index contributed by atoms with van der Waals surface area (Å²) in [5.41, 5.74) is 3.31. The first-order valence-electron chi connectivity index (χ1n) is 7.33. The zero-order valence-electron chi connectivity index (χ0n) is 12.5. The number of rotatable bonds is 5. The van der Waals surface area contributed by atoms with Crippen molar-refractivity contribution >= 4 is 5.97 Å². The number of benzene rings is 3. The first-order valence-corrected chi connectivity index (χ1v) is 7.33. The summed E-state index contributed by atoms with van der Waals surface area (Å²) >= 11 is 0. The quantitative estimate of drug-likeness (QED) is 0.747. The third-order valence-corrected chi connectivity index (χ3v) is 3.52. The van der Waals surface area contributed by atoms with Gasteiger partial charge in [-0.05, 0) is 41.0 Å². The molecule has 0 aliphatic rings. The van der Waals surface area contributed by atoms with Crippen LogP contribution in [0.5, 0.6) is 5.75 Å². The van der Waals surface area contributed by atoms with Crippen molar-refractivity contribution in [2.75, 3.05) is 0 Å². The van der Waals surface area contributed by atoms with Crippen LogP contribution in [0.25, 0.3) is 11.1 Å². The molecule has 0 aliphatic heterocycles. The summed E-state index contributed by atoms with van der Waals surface area (Å²) in [6.07, 6.45) is 0. The molecular formula is C20H16O3. The maximum Gasteiger partial charge on any atom is 0.335 e. The molecule has 1 N–H and O–H groups in total. The van der Waals surface area contributed by atoms with Gasteiger partial charge in [-0.15, -0.1) is 0 Å². The van der Waals surface area contributed by atoms with E-state index in [-0.39, 0.29) is 5.56 Å². The molecule has 0 heterocycles. The second kappa shape index (κ2) is 6.79. The topological polar surface area (TPSA) is 46.5 Å². The van der Waals surface area contributed by atoms with E-state index in [4.69, 9.17) is 9.84 Å². The smallest absolute Gasteiger partial charge is 0.335 e. The second-order valence-corrected chi connectivity index (χ2v) is 5.19. The van der Waals surface area contributed by atoms with Gasteiger partial charge in [0.2, 0.25) is 0 Å². The molecule has 3 heteroatoms. The van der Waals surface area contributed by atoms with Crippen LogP contribution < -0.4 is 4.74 Å². The minimum Gasteiger partial charge on any atom is -0.489 e. The highest BCUT2D eigenvalue weighted by Gasteiger charge is 2.04. The average molecular weight is 304 g/mol. The van der Waals surface area contributed by atoms with E-state index in [0.717, 1.165) is 22.4 Å². The van der Waals surface area contributed by atoms with Crippen molar-refractivity contribution in [3.63, 3.8) is 0 Å². The van der Waals surface area contributed by atoms with Crippen LogP contribution in [0.4, 0.5) is 0 Å². The van der Waals surface area contributed by atoms with Crippen LogP contribution in [0.2, 0.25) is 0 Å². The summed E-state index contributed by atoms with van der Waals surface area (Å²) in [5, 5.41) is 9.02. The molecule has 3 aromatic carbocycles. The van der Waals surface area contributed by atoms with Gasteiger partial charge in [-0.1, -0.05) is 54.6 Å². The molecule has 0 unspecified atom stereocenters. The van der Waals surface area contributed by atoms with E-state index in [0.29, 0.717) is 6.61 Å². The first-order chi connectivity index (χ1) is 11.2. The minimum absolute atomic E-state index is 0.268. The fourth-order valence-corrected chi connectivity index (χ4v) is 2.36. The molecule has 0 amide bonds. The Morgan fingerprint density at radius 2 is 1.57 bits per heavy atom. The van der Waals surface area contributed by atoms with Gasteiger partial charge in [0.15, 0.2) is 0 Å². The van der Waals surface area contributed by atoms with Gasteiger partial charge in [-0.3, -0.25) is 0 Å². The lowest BCUT2D eigenvalue weighted by Gasteiger charge is -2.09. The number of hydrogen-bond donors (Lipinski definition) is 1. The molecular weight excluding hydrogens is 288 g/mol. The predicted molar refractivity (Wildman–Crippen MR) is 89.6 cm³/mol. The zero-order valence-corrected chi connectivity index (χ0v) is 12.5. The molecule has 0 saturated carbocycles. The van der Waals surface area contributed by atoms with E-state index >= 15 is 0 Å². The van der Waals surface area contributed by atoms with Crippen molar-refractivity contribution in [1.82, 2.24) is 0 Å². The van der Waals surface area contributed by atoms with Crippen LogP contribution in [0.15, 0.2) is 78.9 Å². The standard InChI is InChI=1S/C20H16O3/c21-20(22)18-10-4-6-15(12-18)14-23-19-11-5-9-17(13-19)16-7-2-1-3-8-16/h1-13H,14H2,(H,21,22). The van der Waals surface area contributed by atoms with Gasteiger partial charge in [-0.2, -0.15) is 0 Å². The summed E-state index contributed by atoms with van der Waals surface area (Å²) in [6.45, 7) is 0.333. The monoisotopic (exact) mass is 304 g/mol. The molecule has 0 radical (unpaired) electrons. The Kier molecular flexibility index (Phi) is 4.39. The van der Waals surface area contributed by atoms with E-state index in [1.807, 2.05) is 48.5 Å². The van der Waals surface area contributed by atoms with Crippen molar-refractivity contribution in [1.29, 1.82) is 0 Å². The molecule has 3 nitrogen and oxygen atoms in total. The van der Waals surface area contributed by atoms with Crippen molar-refractivity contribution in [2.45, 2.75) is 6.61 Å². The molecule has 0 atom stereocenters. The molecule has 0 spiro atoms. The van der Waals surface area contributed by atoms with E-state index in [2.05, 4.69) is 12.1 Å². The molecule has 3 rings (SSSR count). The highest BCUT2D eigenvalue weighted by molar-refractivity contribution is 5.87. The number of aromatic carboxylic acids is 1. The minimum atomic E-state index is -0.932. The molecule has 114 valence electrons. The maximum absolute atomic E-state index is 11.0. The third-order valence-electron chi connectivity index (χ3n) is 3.52.